The van der Waals surface area contributed by atoms with E-state index in [0.29, 0.717) is 16.3 Å². The lowest BCUT2D eigenvalue weighted by molar-refractivity contribution is 0.313. The first-order valence-electron chi connectivity index (χ1n) is 11.5. The average Bonchev–Trinajstić information content (AvgIpc) is 3.28. The van der Waals surface area contributed by atoms with Crippen LogP contribution in [-0.2, 0) is 0 Å². The molecule has 3 heterocycles. The molecule has 0 unspecified atom stereocenters. The predicted octanol–water partition coefficient (Wildman–Crippen LogP) is 4.67. The summed E-state index contributed by atoms with van der Waals surface area (Å²) >= 11 is 1.58. The Kier molecular flexibility index (Phi) is 6.48. The number of hydrogen-bond donors (Lipinski definition) is 2. The zero-order valence-corrected chi connectivity index (χ0v) is 20.5. The van der Waals surface area contributed by atoms with Gasteiger partial charge in [0.1, 0.15) is 0 Å². The summed E-state index contributed by atoms with van der Waals surface area (Å²) in [7, 11) is 2.15. The molecular formula is C27H27N5O2S. The monoisotopic (exact) mass is 485 g/mol. The molecule has 0 aliphatic carbocycles. The number of H-pyrrole nitrogens is 1. The van der Waals surface area contributed by atoms with E-state index < -0.39 is 0 Å². The van der Waals surface area contributed by atoms with Crippen LogP contribution >= 0.6 is 11.3 Å². The molecule has 2 N–H and O–H groups in total. The fourth-order valence-electron chi connectivity index (χ4n) is 4.18. The van der Waals surface area contributed by atoms with Crippen molar-refractivity contribution in [3.8, 4) is 5.88 Å². The molecule has 0 spiro atoms. The molecule has 35 heavy (non-hydrogen) atoms. The van der Waals surface area contributed by atoms with Crippen LogP contribution in [0.4, 0.5) is 11.4 Å². The van der Waals surface area contributed by atoms with Crippen molar-refractivity contribution in [2.75, 3.05) is 38.1 Å². The molecule has 2 aromatic heterocycles. The lowest BCUT2D eigenvalue weighted by Gasteiger charge is -2.34. The Morgan fingerprint density at radius 1 is 1.06 bits per heavy atom. The van der Waals surface area contributed by atoms with E-state index in [1.54, 1.807) is 23.6 Å². The summed E-state index contributed by atoms with van der Waals surface area (Å²) in [6.07, 6.45) is 5.60. The molecule has 0 bridgehead atoms. The van der Waals surface area contributed by atoms with Crippen LogP contribution in [0.15, 0.2) is 57.8 Å². The number of hydrogen-bond acceptors (Lipinski definition) is 7. The molecule has 0 saturated carbocycles. The minimum atomic E-state index is -0.333. The second kappa shape index (κ2) is 9.85. The van der Waals surface area contributed by atoms with Crippen molar-refractivity contribution < 1.29 is 5.11 Å². The molecule has 4 aromatic rings. The van der Waals surface area contributed by atoms with E-state index in [4.69, 9.17) is 0 Å². The predicted molar refractivity (Wildman–Crippen MR) is 145 cm³/mol. The Morgan fingerprint density at radius 2 is 1.83 bits per heavy atom. The minimum Gasteiger partial charge on any atom is -0.494 e. The van der Waals surface area contributed by atoms with Crippen molar-refractivity contribution in [1.82, 2.24) is 14.9 Å². The molecule has 8 heteroatoms. The Hall–Kier alpha value is -3.75. The highest BCUT2D eigenvalue weighted by Crippen LogP contribution is 2.26. The Labute approximate surface area is 207 Å². The highest BCUT2D eigenvalue weighted by atomic mass is 32.1. The van der Waals surface area contributed by atoms with E-state index >= 15 is 0 Å². The van der Waals surface area contributed by atoms with Gasteiger partial charge in [-0.2, -0.15) is 0 Å². The number of rotatable bonds is 5. The number of pyridine rings is 1. The summed E-state index contributed by atoms with van der Waals surface area (Å²) in [5, 5.41) is 11.7. The smallest absolute Gasteiger partial charge is 0.258 e. The second-order valence-electron chi connectivity index (χ2n) is 8.72. The van der Waals surface area contributed by atoms with E-state index in [2.05, 4.69) is 43.9 Å². The van der Waals surface area contributed by atoms with Gasteiger partial charge in [-0.15, -0.1) is 11.3 Å². The van der Waals surface area contributed by atoms with Gasteiger partial charge in [0.15, 0.2) is 0 Å². The van der Waals surface area contributed by atoms with Gasteiger partial charge in [-0.05, 0) is 62.0 Å². The summed E-state index contributed by atoms with van der Waals surface area (Å²) in [4.78, 5) is 29.6. The molecule has 178 valence electrons. The zero-order chi connectivity index (χ0) is 24.4. The van der Waals surface area contributed by atoms with Crippen molar-refractivity contribution in [2.24, 2.45) is 4.99 Å². The number of piperazine rings is 1. The second-order valence-corrected chi connectivity index (χ2v) is 9.61. The lowest BCUT2D eigenvalue weighted by Crippen LogP contribution is -2.44. The van der Waals surface area contributed by atoms with Gasteiger partial charge in [-0.3, -0.25) is 14.8 Å². The molecule has 0 radical (unpaired) electrons. The number of aliphatic imine (C=N–C) groups is 1. The molecule has 1 fully saturated rings. The lowest BCUT2D eigenvalue weighted by atomic mass is 10.0. The number of fused-ring (bicyclic) bond motifs is 1. The number of aromatic hydroxyl groups is 1. The summed E-state index contributed by atoms with van der Waals surface area (Å²) in [6.45, 7) is 6.10. The molecule has 1 aliphatic rings. The van der Waals surface area contributed by atoms with Crippen LogP contribution in [0.25, 0.3) is 22.9 Å². The summed E-state index contributed by atoms with van der Waals surface area (Å²) in [6, 6.07) is 13.7. The Balaban J connectivity index is 1.43. The summed E-state index contributed by atoms with van der Waals surface area (Å²) in [5.74, 6) is -0.195. The number of benzene rings is 2. The summed E-state index contributed by atoms with van der Waals surface area (Å²) in [5.41, 5.74) is 5.82. The SMILES string of the molecule is Cc1ncsc1C=Cc1ccc2c(=O)[nH]c(O)c(C=Nc3ccc(N4CCN(C)CC4)cc3)c2c1. The van der Waals surface area contributed by atoms with Crippen molar-refractivity contribution in [1.29, 1.82) is 0 Å². The maximum absolute atomic E-state index is 12.4. The molecule has 0 atom stereocenters. The van der Waals surface area contributed by atoms with Crippen LogP contribution in [-0.4, -0.2) is 59.4 Å². The normalized spacial score (nSPS) is 15.1. The van der Waals surface area contributed by atoms with Gasteiger partial charge < -0.3 is 14.9 Å². The first-order valence-corrected chi connectivity index (χ1v) is 12.4. The van der Waals surface area contributed by atoms with E-state index in [0.717, 1.165) is 48.0 Å². The molecule has 0 amide bonds. The number of aryl methyl sites for hydroxylation is 1. The average molecular weight is 486 g/mol. The fourth-order valence-corrected chi connectivity index (χ4v) is 4.88. The van der Waals surface area contributed by atoms with Crippen molar-refractivity contribution >= 4 is 51.9 Å². The molecule has 1 saturated heterocycles. The van der Waals surface area contributed by atoms with Gasteiger partial charge in [0, 0.05) is 53.7 Å². The van der Waals surface area contributed by atoms with Crippen LogP contribution in [0.1, 0.15) is 21.7 Å². The number of nitrogens with zero attached hydrogens (tertiary/aromatic N) is 4. The molecule has 7 nitrogen and oxygen atoms in total. The quantitative estimate of drug-likeness (QED) is 0.401. The van der Waals surface area contributed by atoms with E-state index in [-0.39, 0.29) is 11.4 Å². The summed E-state index contributed by atoms with van der Waals surface area (Å²) < 4.78 is 0. The number of thiazole rings is 1. The van der Waals surface area contributed by atoms with Gasteiger partial charge in [0.05, 0.1) is 22.5 Å². The van der Waals surface area contributed by atoms with Gasteiger partial charge in [-0.1, -0.05) is 12.1 Å². The van der Waals surface area contributed by atoms with Crippen molar-refractivity contribution in [3.63, 3.8) is 0 Å². The minimum absolute atomic E-state index is 0.195. The van der Waals surface area contributed by atoms with Crippen molar-refractivity contribution in [2.45, 2.75) is 6.92 Å². The van der Waals surface area contributed by atoms with Crippen LogP contribution in [0.5, 0.6) is 5.88 Å². The van der Waals surface area contributed by atoms with Crippen LogP contribution in [0, 0.1) is 6.92 Å². The Morgan fingerprint density at radius 3 is 2.54 bits per heavy atom. The number of nitrogens with one attached hydrogen (secondary N) is 1. The largest absolute Gasteiger partial charge is 0.494 e. The first kappa shape index (κ1) is 23.0. The van der Waals surface area contributed by atoms with Crippen LogP contribution < -0.4 is 10.5 Å². The van der Waals surface area contributed by atoms with Crippen LogP contribution in [0.3, 0.4) is 0 Å². The number of aromatic amines is 1. The van der Waals surface area contributed by atoms with Gasteiger partial charge in [0.25, 0.3) is 5.56 Å². The first-order chi connectivity index (χ1) is 17.0. The van der Waals surface area contributed by atoms with Crippen molar-refractivity contribution in [3.05, 3.63) is 80.0 Å². The van der Waals surface area contributed by atoms with E-state index in [1.807, 2.05) is 48.9 Å². The zero-order valence-electron chi connectivity index (χ0n) is 19.7. The maximum Gasteiger partial charge on any atom is 0.258 e. The molecule has 2 aromatic carbocycles. The molecular weight excluding hydrogens is 458 g/mol. The maximum atomic E-state index is 12.4. The van der Waals surface area contributed by atoms with Gasteiger partial charge >= 0.3 is 0 Å². The number of anilines is 1. The van der Waals surface area contributed by atoms with E-state index in [9.17, 15) is 9.90 Å². The third-order valence-corrected chi connectivity index (χ3v) is 7.23. The third kappa shape index (κ3) is 5.03. The third-order valence-electron chi connectivity index (χ3n) is 6.34. The highest BCUT2D eigenvalue weighted by molar-refractivity contribution is 7.10. The topological polar surface area (TPSA) is 84.8 Å². The van der Waals surface area contributed by atoms with Gasteiger partial charge in [-0.25, -0.2) is 4.98 Å². The molecule has 1 aliphatic heterocycles. The number of aromatic nitrogens is 2. The van der Waals surface area contributed by atoms with E-state index in [1.165, 1.54) is 5.69 Å². The highest BCUT2D eigenvalue weighted by Gasteiger charge is 2.14. The van der Waals surface area contributed by atoms with Crippen LogP contribution in [0.2, 0.25) is 0 Å². The standard InChI is InChI=1S/C27H27N5O2S/c1-18-25(35-17-29-18)10-4-19-3-9-22-23(15-19)24(27(34)30-26(22)33)16-28-20-5-7-21(8-6-20)32-13-11-31(2)12-14-32/h3-10,15-17H,11-14H2,1-2H3,(H2,30,33,34). The fraction of sp³-hybridized carbons (Fsp3) is 0.222. The molecule has 5 rings (SSSR count). The number of likely N-dealkylation sites (N-methyl/N-ethyl adjacent to an activating group) is 1. The Bertz CT molecular complexity index is 1460. The van der Waals surface area contributed by atoms with Gasteiger partial charge in [0.2, 0.25) is 5.88 Å².